The molecule has 1 aromatic carbocycles. The van der Waals surface area contributed by atoms with E-state index in [0.29, 0.717) is 17.7 Å². The second kappa shape index (κ2) is 6.26. The zero-order chi connectivity index (χ0) is 18.3. The van der Waals surface area contributed by atoms with E-state index in [-0.39, 0.29) is 5.56 Å². The quantitative estimate of drug-likeness (QED) is 0.592. The number of aromatic nitrogens is 5. The van der Waals surface area contributed by atoms with Crippen molar-refractivity contribution in [2.24, 2.45) is 14.1 Å². The summed E-state index contributed by atoms with van der Waals surface area (Å²) in [7, 11) is 3.07. The monoisotopic (exact) mass is 368 g/mol. The molecule has 0 radical (unpaired) electrons. The largest absolute Gasteiger partial charge is 0.332 e. The molecule has 9 heteroatoms. The maximum atomic E-state index is 12.5. The van der Waals surface area contributed by atoms with Crippen molar-refractivity contribution in [3.8, 4) is 0 Å². The topological polar surface area (TPSA) is 86.7 Å². The van der Waals surface area contributed by atoms with E-state index in [1.807, 2.05) is 35.7 Å². The van der Waals surface area contributed by atoms with Gasteiger partial charge in [-0.3, -0.25) is 13.9 Å². The summed E-state index contributed by atoms with van der Waals surface area (Å²) in [4.78, 5) is 33.3. The van der Waals surface area contributed by atoms with Crippen LogP contribution >= 0.6 is 11.3 Å². The van der Waals surface area contributed by atoms with Gasteiger partial charge in [0.05, 0.1) is 18.6 Å². The molecular formula is C17H16N6O2S. The Morgan fingerprint density at radius 3 is 2.65 bits per heavy atom. The second-order valence-corrected chi connectivity index (χ2v) is 6.74. The summed E-state index contributed by atoms with van der Waals surface area (Å²) >= 11 is 1.49. The van der Waals surface area contributed by atoms with E-state index in [4.69, 9.17) is 0 Å². The van der Waals surface area contributed by atoms with Crippen LogP contribution in [0.1, 0.15) is 5.69 Å². The Balaban J connectivity index is 1.67. The molecule has 0 aliphatic carbocycles. The van der Waals surface area contributed by atoms with Crippen LogP contribution < -0.4 is 16.6 Å². The predicted molar refractivity (Wildman–Crippen MR) is 101 cm³/mol. The van der Waals surface area contributed by atoms with Gasteiger partial charge in [-0.1, -0.05) is 18.2 Å². The first-order valence-corrected chi connectivity index (χ1v) is 8.80. The summed E-state index contributed by atoms with van der Waals surface area (Å²) < 4.78 is 4.18. The van der Waals surface area contributed by atoms with Crippen molar-refractivity contribution >= 4 is 33.3 Å². The predicted octanol–water partition coefficient (Wildman–Crippen LogP) is 1.68. The lowest BCUT2D eigenvalue weighted by Crippen LogP contribution is -2.37. The molecule has 0 atom stereocenters. The Kier molecular flexibility index (Phi) is 3.92. The molecule has 26 heavy (non-hydrogen) atoms. The standard InChI is InChI=1S/C17H16N6O2S/c1-21-14-13(15(24)22(2)17(21)25)23(10-18-14)8-12-9-26-16(20-12)19-11-6-4-3-5-7-11/h3-7,9-10H,8H2,1-2H3,(H,19,20). The fourth-order valence-corrected chi connectivity index (χ4v) is 3.49. The maximum Gasteiger partial charge on any atom is 0.332 e. The van der Waals surface area contributed by atoms with Gasteiger partial charge in [0.2, 0.25) is 0 Å². The summed E-state index contributed by atoms with van der Waals surface area (Å²) in [6.07, 6.45) is 1.56. The number of rotatable bonds is 4. The summed E-state index contributed by atoms with van der Waals surface area (Å²) in [6.45, 7) is 0.400. The van der Waals surface area contributed by atoms with Gasteiger partial charge in [-0.25, -0.2) is 14.8 Å². The minimum Gasteiger partial charge on any atom is -0.332 e. The molecule has 0 saturated carbocycles. The lowest BCUT2D eigenvalue weighted by molar-refractivity contribution is 0.701. The van der Waals surface area contributed by atoms with Crippen LogP contribution in [-0.2, 0) is 20.6 Å². The van der Waals surface area contributed by atoms with E-state index >= 15 is 0 Å². The first-order valence-electron chi connectivity index (χ1n) is 7.92. The molecule has 0 saturated heterocycles. The molecule has 4 aromatic rings. The van der Waals surface area contributed by atoms with Crippen LogP contribution in [-0.4, -0.2) is 23.7 Å². The zero-order valence-electron chi connectivity index (χ0n) is 14.2. The molecule has 3 aromatic heterocycles. The average molecular weight is 368 g/mol. The van der Waals surface area contributed by atoms with Gasteiger partial charge in [-0.05, 0) is 12.1 Å². The fourth-order valence-electron chi connectivity index (χ4n) is 2.77. The van der Waals surface area contributed by atoms with Crippen LogP contribution in [0.15, 0.2) is 51.6 Å². The van der Waals surface area contributed by atoms with Crippen LogP contribution in [0.3, 0.4) is 0 Å². The maximum absolute atomic E-state index is 12.5. The van der Waals surface area contributed by atoms with Crippen LogP contribution in [0.2, 0.25) is 0 Å². The van der Waals surface area contributed by atoms with Gasteiger partial charge in [-0.15, -0.1) is 11.3 Å². The van der Waals surface area contributed by atoms with E-state index in [0.717, 1.165) is 21.1 Å². The Morgan fingerprint density at radius 1 is 1.12 bits per heavy atom. The zero-order valence-corrected chi connectivity index (χ0v) is 15.0. The summed E-state index contributed by atoms with van der Waals surface area (Å²) in [5.74, 6) is 0. The molecule has 0 unspecified atom stereocenters. The number of hydrogen-bond donors (Lipinski definition) is 1. The van der Waals surface area contributed by atoms with Crippen molar-refractivity contribution in [2.45, 2.75) is 6.54 Å². The number of thiazole rings is 1. The van der Waals surface area contributed by atoms with Gasteiger partial charge < -0.3 is 9.88 Å². The highest BCUT2D eigenvalue weighted by molar-refractivity contribution is 7.13. The number of nitrogens with one attached hydrogen (secondary N) is 1. The Morgan fingerprint density at radius 2 is 1.88 bits per heavy atom. The van der Waals surface area contributed by atoms with Crippen molar-refractivity contribution < 1.29 is 0 Å². The van der Waals surface area contributed by atoms with E-state index < -0.39 is 5.69 Å². The fraction of sp³-hybridized carbons (Fsp3) is 0.176. The number of fused-ring (bicyclic) bond motifs is 1. The highest BCUT2D eigenvalue weighted by atomic mass is 32.1. The first-order chi connectivity index (χ1) is 12.5. The molecule has 3 heterocycles. The number of anilines is 2. The van der Waals surface area contributed by atoms with Crippen molar-refractivity contribution in [1.29, 1.82) is 0 Å². The molecule has 4 rings (SSSR count). The van der Waals surface area contributed by atoms with Crippen molar-refractivity contribution in [2.75, 3.05) is 5.32 Å². The van der Waals surface area contributed by atoms with E-state index in [9.17, 15) is 9.59 Å². The minimum atomic E-state index is -0.393. The number of aryl methyl sites for hydroxylation is 1. The Bertz CT molecular complexity index is 1200. The summed E-state index contributed by atoms with van der Waals surface area (Å²) in [5, 5.41) is 5.96. The SMILES string of the molecule is Cn1c(=O)c2c(ncn2Cc2csc(Nc3ccccc3)n2)n(C)c1=O. The van der Waals surface area contributed by atoms with E-state index in [1.54, 1.807) is 17.9 Å². The molecule has 0 aliphatic rings. The third kappa shape index (κ3) is 2.72. The molecule has 0 spiro atoms. The number of nitrogens with zero attached hydrogens (tertiary/aromatic N) is 5. The van der Waals surface area contributed by atoms with Crippen LogP contribution in [0, 0.1) is 0 Å². The number of benzene rings is 1. The Hall–Kier alpha value is -3.20. The third-order valence-corrected chi connectivity index (χ3v) is 4.93. The Labute approximate surface area is 152 Å². The van der Waals surface area contributed by atoms with Crippen LogP contribution in [0.5, 0.6) is 0 Å². The molecule has 0 amide bonds. The summed E-state index contributed by atoms with van der Waals surface area (Å²) in [5.41, 5.74) is 1.78. The van der Waals surface area contributed by atoms with Gasteiger partial charge in [0, 0.05) is 25.2 Å². The lowest BCUT2D eigenvalue weighted by atomic mass is 10.3. The van der Waals surface area contributed by atoms with Crippen LogP contribution in [0.4, 0.5) is 10.8 Å². The van der Waals surface area contributed by atoms with E-state index in [2.05, 4.69) is 15.3 Å². The van der Waals surface area contributed by atoms with Crippen LogP contribution in [0.25, 0.3) is 11.2 Å². The number of hydrogen-bond acceptors (Lipinski definition) is 6. The molecule has 1 N–H and O–H groups in total. The third-order valence-electron chi connectivity index (χ3n) is 4.13. The van der Waals surface area contributed by atoms with Gasteiger partial charge >= 0.3 is 5.69 Å². The second-order valence-electron chi connectivity index (χ2n) is 5.89. The summed E-state index contributed by atoms with van der Waals surface area (Å²) in [6, 6.07) is 9.79. The molecule has 8 nitrogen and oxygen atoms in total. The molecule has 0 aliphatic heterocycles. The van der Waals surface area contributed by atoms with E-state index in [1.165, 1.54) is 23.0 Å². The van der Waals surface area contributed by atoms with Crippen molar-refractivity contribution in [1.82, 2.24) is 23.7 Å². The number of para-hydroxylation sites is 1. The highest BCUT2D eigenvalue weighted by Gasteiger charge is 2.15. The van der Waals surface area contributed by atoms with Gasteiger partial charge in [0.15, 0.2) is 16.3 Å². The average Bonchev–Trinajstić information content (AvgIpc) is 3.26. The van der Waals surface area contributed by atoms with Gasteiger partial charge in [0.1, 0.15) is 0 Å². The molecule has 0 bridgehead atoms. The molecular weight excluding hydrogens is 352 g/mol. The minimum absolute atomic E-state index is 0.363. The lowest BCUT2D eigenvalue weighted by Gasteiger charge is -2.05. The van der Waals surface area contributed by atoms with Gasteiger partial charge in [0.25, 0.3) is 5.56 Å². The van der Waals surface area contributed by atoms with Gasteiger partial charge in [-0.2, -0.15) is 0 Å². The number of imidazole rings is 1. The highest BCUT2D eigenvalue weighted by Crippen LogP contribution is 2.21. The van der Waals surface area contributed by atoms with Crippen molar-refractivity contribution in [3.63, 3.8) is 0 Å². The molecule has 132 valence electrons. The van der Waals surface area contributed by atoms with Crippen molar-refractivity contribution in [3.05, 3.63) is 68.6 Å². The molecule has 0 fully saturated rings. The normalized spacial score (nSPS) is 11.2. The smallest absolute Gasteiger partial charge is 0.332 e. The first kappa shape index (κ1) is 16.3.